The van der Waals surface area contributed by atoms with Gasteiger partial charge in [0.25, 0.3) is 0 Å². The van der Waals surface area contributed by atoms with Gasteiger partial charge in [-0.3, -0.25) is 9.80 Å². The highest BCUT2D eigenvalue weighted by Crippen LogP contribution is 2.43. The van der Waals surface area contributed by atoms with E-state index in [2.05, 4.69) is 81.7 Å². The molecule has 2 nitrogen and oxygen atoms in total. The third kappa shape index (κ3) is 4.59. The summed E-state index contributed by atoms with van der Waals surface area (Å²) in [6.07, 6.45) is 8.00. The number of hydrogen-bond acceptors (Lipinski definition) is 2. The molecule has 0 spiro atoms. The zero-order valence-electron chi connectivity index (χ0n) is 18.7. The fourth-order valence-corrected chi connectivity index (χ4v) is 6.03. The molecular weight excluding hydrogens is 328 g/mol. The molecule has 2 saturated heterocycles. The van der Waals surface area contributed by atoms with E-state index in [4.69, 9.17) is 0 Å². The zero-order valence-corrected chi connectivity index (χ0v) is 18.7. The van der Waals surface area contributed by atoms with Gasteiger partial charge in [0.15, 0.2) is 0 Å². The summed E-state index contributed by atoms with van der Waals surface area (Å²) in [4.78, 5) is 5.63. The number of nitrogens with zero attached hydrogens (tertiary/aromatic N) is 2. The molecule has 27 heavy (non-hydrogen) atoms. The zero-order chi connectivity index (χ0) is 19.7. The molecule has 2 heterocycles. The molecule has 0 saturated carbocycles. The predicted octanol–water partition coefficient (Wildman–Crippen LogP) is 6.28. The number of piperidine rings is 1. The van der Waals surface area contributed by atoms with Crippen LogP contribution in [-0.4, -0.2) is 40.0 Å². The first kappa shape index (κ1) is 20.9. The van der Waals surface area contributed by atoms with Crippen molar-refractivity contribution in [3.8, 4) is 0 Å². The minimum Gasteiger partial charge on any atom is -0.295 e. The Kier molecular flexibility index (Phi) is 6.37. The average molecular weight is 371 g/mol. The van der Waals surface area contributed by atoms with E-state index in [-0.39, 0.29) is 11.1 Å². The maximum Gasteiger partial charge on any atom is 0.0353 e. The Morgan fingerprint density at radius 2 is 1.52 bits per heavy atom. The summed E-state index contributed by atoms with van der Waals surface area (Å²) in [6, 6.07) is 12.5. The maximum absolute atomic E-state index is 2.82. The van der Waals surface area contributed by atoms with Crippen molar-refractivity contribution in [2.75, 3.05) is 13.1 Å². The molecule has 0 N–H and O–H groups in total. The summed E-state index contributed by atoms with van der Waals surface area (Å²) in [7, 11) is 0. The largest absolute Gasteiger partial charge is 0.295 e. The molecule has 2 aliphatic heterocycles. The first-order valence-electron chi connectivity index (χ1n) is 11.3. The van der Waals surface area contributed by atoms with E-state index in [1.807, 2.05) is 0 Å². The van der Waals surface area contributed by atoms with Gasteiger partial charge in [-0.25, -0.2) is 0 Å². The molecule has 2 fully saturated rings. The minimum absolute atomic E-state index is 0.260. The summed E-state index contributed by atoms with van der Waals surface area (Å²) in [5.41, 5.74) is 2.05. The van der Waals surface area contributed by atoms with Crippen molar-refractivity contribution in [3.05, 3.63) is 35.9 Å². The van der Waals surface area contributed by atoms with E-state index in [1.54, 1.807) is 0 Å². The molecule has 1 aromatic carbocycles. The van der Waals surface area contributed by atoms with Crippen LogP contribution < -0.4 is 0 Å². The van der Waals surface area contributed by atoms with E-state index in [9.17, 15) is 0 Å². The van der Waals surface area contributed by atoms with Crippen molar-refractivity contribution in [1.29, 1.82) is 0 Å². The van der Waals surface area contributed by atoms with Crippen LogP contribution in [0, 0.1) is 5.92 Å². The Bertz CT molecular complexity index is 586. The van der Waals surface area contributed by atoms with E-state index in [1.165, 1.54) is 57.2 Å². The van der Waals surface area contributed by atoms with Gasteiger partial charge in [0.2, 0.25) is 0 Å². The molecule has 2 unspecified atom stereocenters. The highest BCUT2D eigenvalue weighted by atomic mass is 15.2. The lowest BCUT2D eigenvalue weighted by Gasteiger charge is -2.51. The first-order chi connectivity index (χ1) is 12.7. The average Bonchev–Trinajstić information content (AvgIpc) is 3.12. The molecule has 3 atom stereocenters. The normalized spacial score (nSPS) is 28.6. The van der Waals surface area contributed by atoms with Gasteiger partial charge in [-0.2, -0.15) is 0 Å². The van der Waals surface area contributed by atoms with Crippen LogP contribution in [0.4, 0.5) is 0 Å². The van der Waals surface area contributed by atoms with Crippen LogP contribution in [0.1, 0.15) is 91.7 Å². The van der Waals surface area contributed by atoms with Gasteiger partial charge < -0.3 is 0 Å². The molecule has 2 heteroatoms. The summed E-state index contributed by atoms with van der Waals surface area (Å²) >= 11 is 0. The second-order valence-electron chi connectivity index (χ2n) is 10.5. The lowest BCUT2D eigenvalue weighted by atomic mass is 9.76. The summed E-state index contributed by atoms with van der Waals surface area (Å²) in [5, 5.41) is 0. The number of likely N-dealkylation sites (tertiary alicyclic amines) is 2. The van der Waals surface area contributed by atoms with Crippen molar-refractivity contribution >= 4 is 0 Å². The molecule has 0 bridgehead atoms. The molecule has 3 rings (SSSR count). The van der Waals surface area contributed by atoms with Crippen LogP contribution in [0.15, 0.2) is 30.3 Å². The van der Waals surface area contributed by atoms with Crippen LogP contribution in [0.5, 0.6) is 0 Å². The van der Waals surface area contributed by atoms with Crippen LogP contribution in [0.2, 0.25) is 0 Å². The third-order valence-corrected chi connectivity index (χ3v) is 7.17. The monoisotopic (exact) mass is 370 g/mol. The van der Waals surface area contributed by atoms with Crippen LogP contribution >= 0.6 is 0 Å². The summed E-state index contributed by atoms with van der Waals surface area (Å²) < 4.78 is 0. The Morgan fingerprint density at radius 1 is 0.889 bits per heavy atom. The van der Waals surface area contributed by atoms with Crippen molar-refractivity contribution in [2.45, 2.75) is 103 Å². The minimum atomic E-state index is 0.260. The van der Waals surface area contributed by atoms with E-state index in [0.29, 0.717) is 6.04 Å². The lowest BCUT2D eigenvalue weighted by Crippen LogP contribution is -2.56. The SMILES string of the molecule is CCC1C(CC(C)(C)N2CCC[C@@H]2c2ccccc2)CCCN1C(C)(C)C. The second kappa shape index (κ2) is 8.25. The quantitative estimate of drug-likeness (QED) is 0.601. The molecule has 0 aromatic heterocycles. The van der Waals surface area contributed by atoms with Crippen LogP contribution in [0.3, 0.4) is 0 Å². The molecular formula is C25H42N2. The molecule has 1 aromatic rings. The number of hydrogen-bond donors (Lipinski definition) is 0. The summed E-state index contributed by atoms with van der Waals surface area (Å²) in [5.74, 6) is 0.815. The van der Waals surface area contributed by atoms with Crippen LogP contribution in [-0.2, 0) is 0 Å². The molecule has 0 aliphatic carbocycles. The van der Waals surface area contributed by atoms with Gasteiger partial charge in [-0.15, -0.1) is 0 Å². The van der Waals surface area contributed by atoms with Gasteiger partial charge in [0, 0.05) is 23.2 Å². The van der Waals surface area contributed by atoms with E-state index >= 15 is 0 Å². The van der Waals surface area contributed by atoms with Gasteiger partial charge in [-0.1, -0.05) is 37.3 Å². The highest BCUT2D eigenvalue weighted by molar-refractivity contribution is 5.21. The fraction of sp³-hybridized carbons (Fsp3) is 0.760. The fourth-order valence-electron chi connectivity index (χ4n) is 6.03. The predicted molar refractivity (Wildman–Crippen MR) is 117 cm³/mol. The Balaban J connectivity index is 1.76. The Hall–Kier alpha value is -0.860. The number of benzene rings is 1. The molecule has 0 amide bonds. The standard InChI is InChI=1S/C25H42N2/c1-7-22-21(15-11-17-26(22)24(2,3)4)19-25(5,6)27-18-12-16-23(27)20-13-9-8-10-14-20/h8-10,13-14,21-23H,7,11-12,15-19H2,1-6H3/t21?,22?,23-/m1/s1. The van der Waals surface area contributed by atoms with Crippen molar-refractivity contribution in [2.24, 2.45) is 5.92 Å². The van der Waals surface area contributed by atoms with Crippen LogP contribution in [0.25, 0.3) is 0 Å². The maximum atomic E-state index is 2.82. The molecule has 152 valence electrons. The van der Waals surface area contributed by atoms with Gasteiger partial charge >= 0.3 is 0 Å². The highest BCUT2D eigenvalue weighted by Gasteiger charge is 2.42. The molecule has 2 aliphatic rings. The van der Waals surface area contributed by atoms with E-state index < -0.39 is 0 Å². The smallest absolute Gasteiger partial charge is 0.0353 e. The van der Waals surface area contributed by atoms with Crippen molar-refractivity contribution in [1.82, 2.24) is 9.80 Å². The van der Waals surface area contributed by atoms with Gasteiger partial charge in [-0.05, 0) is 97.7 Å². The van der Waals surface area contributed by atoms with Gasteiger partial charge in [0.05, 0.1) is 0 Å². The Labute approximate surface area is 168 Å². The summed E-state index contributed by atoms with van der Waals surface area (Å²) in [6.45, 7) is 17.1. The Morgan fingerprint density at radius 3 is 2.15 bits per heavy atom. The molecule has 0 radical (unpaired) electrons. The van der Waals surface area contributed by atoms with Crippen molar-refractivity contribution < 1.29 is 0 Å². The van der Waals surface area contributed by atoms with Gasteiger partial charge in [0.1, 0.15) is 0 Å². The lowest BCUT2D eigenvalue weighted by molar-refractivity contribution is -0.0138. The third-order valence-electron chi connectivity index (χ3n) is 7.17. The first-order valence-corrected chi connectivity index (χ1v) is 11.3. The topological polar surface area (TPSA) is 6.48 Å². The van der Waals surface area contributed by atoms with E-state index in [0.717, 1.165) is 12.0 Å². The number of rotatable bonds is 5. The van der Waals surface area contributed by atoms with Crippen molar-refractivity contribution in [3.63, 3.8) is 0 Å². The second-order valence-corrected chi connectivity index (χ2v) is 10.5.